The summed E-state index contributed by atoms with van der Waals surface area (Å²) >= 11 is 0. The van der Waals surface area contributed by atoms with Gasteiger partial charge >= 0.3 is 0 Å². The Morgan fingerprint density at radius 3 is 2.62 bits per heavy atom. The second-order valence-corrected chi connectivity index (χ2v) is 6.50. The van der Waals surface area contributed by atoms with Gasteiger partial charge in [-0.05, 0) is 44.2 Å². The molecule has 2 N–H and O–H groups in total. The molecular formula is C21H18N4O4. The number of anilines is 3. The van der Waals surface area contributed by atoms with E-state index in [-0.39, 0.29) is 30.1 Å². The Hall–Kier alpha value is -3.94. The van der Waals surface area contributed by atoms with Crippen molar-refractivity contribution in [2.24, 2.45) is 0 Å². The molecule has 4 rings (SSSR count). The minimum Gasteiger partial charge on any atom is -0.454 e. The number of Topliss-reactive ketones (excluding diaryl/α,β-unsaturated/α-hetero) is 1. The smallest absolute Gasteiger partial charge is 0.274 e. The first kappa shape index (κ1) is 18.4. The normalized spacial score (nSPS) is 11.8. The SMILES string of the molecule is CC(=O)c1cccc(Nc2nc(C)cc(C(=O)Nc3ccc4c(c3)OCO4)n2)c1. The monoisotopic (exact) mass is 390 g/mol. The molecule has 8 heteroatoms. The summed E-state index contributed by atoms with van der Waals surface area (Å²) < 4.78 is 10.6. The second-order valence-electron chi connectivity index (χ2n) is 6.50. The van der Waals surface area contributed by atoms with Crippen LogP contribution < -0.4 is 20.1 Å². The summed E-state index contributed by atoms with van der Waals surface area (Å²) in [5, 5.41) is 5.84. The average Bonchev–Trinajstić information content (AvgIpc) is 3.15. The van der Waals surface area contributed by atoms with E-state index in [0.29, 0.717) is 34.1 Å². The third kappa shape index (κ3) is 4.16. The standard InChI is InChI=1S/C21H18N4O4/c1-12-8-17(20(27)23-16-6-7-18-19(10-16)29-11-28-18)25-21(22-12)24-15-5-3-4-14(9-15)13(2)26/h3-10H,11H2,1-2H3,(H,23,27)(H,22,24,25). The van der Waals surface area contributed by atoms with E-state index in [4.69, 9.17) is 9.47 Å². The van der Waals surface area contributed by atoms with Crippen LogP contribution in [0.5, 0.6) is 11.5 Å². The Morgan fingerprint density at radius 2 is 1.79 bits per heavy atom. The molecule has 0 saturated carbocycles. The molecule has 1 amide bonds. The molecule has 8 nitrogen and oxygen atoms in total. The van der Waals surface area contributed by atoms with E-state index in [1.807, 2.05) is 0 Å². The first-order chi connectivity index (χ1) is 14.0. The van der Waals surface area contributed by atoms with Crippen LogP contribution in [0.25, 0.3) is 0 Å². The van der Waals surface area contributed by atoms with Gasteiger partial charge in [-0.25, -0.2) is 9.97 Å². The van der Waals surface area contributed by atoms with Gasteiger partial charge in [0.2, 0.25) is 12.7 Å². The summed E-state index contributed by atoms with van der Waals surface area (Å²) in [6.45, 7) is 3.44. The van der Waals surface area contributed by atoms with Crippen molar-refractivity contribution in [3.8, 4) is 11.5 Å². The quantitative estimate of drug-likeness (QED) is 0.640. The fourth-order valence-corrected chi connectivity index (χ4v) is 2.86. The number of carbonyl (C=O) groups excluding carboxylic acids is 2. The average molecular weight is 390 g/mol. The van der Waals surface area contributed by atoms with Crippen LogP contribution in [0, 0.1) is 6.92 Å². The molecule has 0 atom stereocenters. The molecule has 1 aliphatic rings. The highest BCUT2D eigenvalue weighted by molar-refractivity contribution is 6.03. The highest BCUT2D eigenvalue weighted by Crippen LogP contribution is 2.34. The van der Waals surface area contributed by atoms with Gasteiger partial charge in [-0.1, -0.05) is 12.1 Å². The van der Waals surface area contributed by atoms with Crippen molar-refractivity contribution in [1.29, 1.82) is 0 Å². The number of nitrogens with one attached hydrogen (secondary N) is 2. The van der Waals surface area contributed by atoms with E-state index >= 15 is 0 Å². The van der Waals surface area contributed by atoms with Gasteiger partial charge in [0, 0.05) is 28.7 Å². The van der Waals surface area contributed by atoms with Crippen LogP contribution in [-0.2, 0) is 0 Å². The number of hydrogen-bond donors (Lipinski definition) is 2. The predicted molar refractivity (Wildman–Crippen MR) is 107 cm³/mol. The number of benzene rings is 2. The summed E-state index contributed by atoms with van der Waals surface area (Å²) in [4.78, 5) is 32.8. The Morgan fingerprint density at radius 1 is 0.966 bits per heavy atom. The number of ether oxygens (including phenoxy) is 2. The van der Waals surface area contributed by atoms with E-state index < -0.39 is 0 Å². The van der Waals surface area contributed by atoms with Gasteiger partial charge in [-0.15, -0.1) is 0 Å². The fourth-order valence-electron chi connectivity index (χ4n) is 2.86. The summed E-state index contributed by atoms with van der Waals surface area (Å²) in [6, 6.07) is 13.8. The molecular weight excluding hydrogens is 372 g/mol. The molecule has 0 radical (unpaired) electrons. The Bertz CT molecular complexity index is 1110. The summed E-state index contributed by atoms with van der Waals surface area (Å²) in [7, 11) is 0. The minimum atomic E-state index is -0.380. The van der Waals surface area contributed by atoms with Gasteiger partial charge < -0.3 is 20.1 Å². The van der Waals surface area contributed by atoms with Gasteiger partial charge in [0.25, 0.3) is 5.91 Å². The van der Waals surface area contributed by atoms with Crippen molar-refractivity contribution >= 4 is 29.0 Å². The summed E-state index contributed by atoms with van der Waals surface area (Å²) in [5.74, 6) is 1.06. The van der Waals surface area contributed by atoms with Gasteiger partial charge in [0.15, 0.2) is 17.3 Å². The van der Waals surface area contributed by atoms with E-state index in [2.05, 4.69) is 20.6 Å². The molecule has 0 unspecified atom stereocenters. The van der Waals surface area contributed by atoms with Crippen LogP contribution in [0.4, 0.5) is 17.3 Å². The highest BCUT2D eigenvalue weighted by atomic mass is 16.7. The van der Waals surface area contributed by atoms with E-state index in [1.165, 1.54) is 6.92 Å². The number of nitrogens with zero attached hydrogens (tertiary/aromatic N) is 2. The van der Waals surface area contributed by atoms with Gasteiger partial charge in [0.1, 0.15) is 5.69 Å². The molecule has 0 bridgehead atoms. The van der Waals surface area contributed by atoms with E-state index in [9.17, 15) is 9.59 Å². The van der Waals surface area contributed by atoms with E-state index in [0.717, 1.165) is 0 Å². The zero-order valence-electron chi connectivity index (χ0n) is 15.9. The molecule has 3 aromatic rings. The Kier molecular flexibility index (Phi) is 4.82. The Labute approximate surface area is 166 Å². The molecule has 29 heavy (non-hydrogen) atoms. The lowest BCUT2D eigenvalue weighted by Crippen LogP contribution is -2.15. The number of amides is 1. The number of aryl methyl sites for hydroxylation is 1. The lowest BCUT2D eigenvalue weighted by molar-refractivity contribution is 0.101. The first-order valence-electron chi connectivity index (χ1n) is 8.93. The van der Waals surface area contributed by atoms with Gasteiger partial charge in [0.05, 0.1) is 0 Å². The molecule has 2 heterocycles. The van der Waals surface area contributed by atoms with Crippen molar-refractivity contribution in [3.05, 3.63) is 65.5 Å². The molecule has 2 aromatic carbocycles. The number of rotatable bonds is 5. The molecule has 0 aliphatic carbocycles. The van der Waals surface area contributed by atoms with Crippen LogP contribution in [0.15, 0.2) is 48.5 Å². The second kappa shape index (κ2) is 7.59. The molecule has 0 saturated heterocycles. The summed E-state index contributed by atoms with van der Waals surface area (Å²) in [6.07, 6.45) is 0. The van der Waals surface area contributed by atoms with Gasteiger partial charge in [-0.3, -0.25) is 9.59 Å². The molecule has 1 aromatic heterocycles. The maximum absolute atomic E-state index is 12.7. The zero-order chi connectivity index (χ0) is 20.4. The third-order valence-corrected chi connectivity index (χ3v) is 4.24. The minimum absolute atomic E-state index is 0.0393. The number of aromatic nitrogens is 2. The van der Waals surface area contributed by atoms with Gasteiger partial charge in [-0.2, -0.15) is 0 Å². The topological polar surface area (TPSA) is 102 Å². The number of hydrogen-bond acceptors (Lipinski definition) is 7. The van der Waals surface area contributed by atoms with Crippen LogP contribution in [0.2, 0.25) is 0 Å². The lowest BCUT2D eigenvalue weighted by Gasteiger charge is -2.10. The molecule has 0 spiro atoms. The maximum Gasteiger partial charge on any atom is 0.274 e. The fraction of sp³-hybridized carbons (Fsp3) is 0.143. The molecule has 1 aliphatic heterocycles. The van der Waals surface area contributed by atoms with Crippen molar-refractivity contribution in [2.45, 2.75) is 13.8 Å². The van der Waals surface area contributed by atoms with Crippen LogP contribution in [0.1, 0.15) is 33.5 Å². The first-order valence-corrected chi connectivity index (χ1v) is 8.93. The maximum atomic E-state index is 12.7. The highest BCUT2D eigenvalue weighted by Gasteiger charge is 2.16. The van der Waals surface area contributed by atoms with Crippen molar-refractivity contribution in [3.63, 3.8) is 0 Å². The predicted octanol–water partition coefficient (Wildman–Crippen LogP) is 3.71. The van der Waals surface area contributed by atoms with Crippen LogP contribution in [0.3, 0.4) is 0 Å². The Balaban J connectivity index is 1.54. The molecule has 146 valence electrons. The largest absolute Gasteiger partial charge is 0.454 e. The van der Waals surface area contributed by atoms with Crippen molar-refractivity contribution < 1.29 is 19.1 Å². The van der Waals surface area contributed by atoms with Crippen molar-refractivity contribution in [1.82, 2.24) is 9.97 Å². The van der Waals surface area contributed by atoms with Crippen LogP contribution >= 0.6 is 0 Å². The third-order valence-electron chi connectivity index (χ3n) is 4.24. The molecule has 0 fully saturated rings. The van der Waals surface area contributed by atoms with E-state index in [1.54, 1.807) is 55.5 Å². The van der Waals surface area contributed by atoms with Crippen molar-refractivity contribution in [2.75, 3.05) is 17.4 Å². The number of ketones is 1. The summed E-state index contributed by atoms with van der Waals surface area (Å²) in [5.41, 5.74) is 2.63. The lowest BCUT2D eigenvalue weighted by atomic mass is 10.1. The number of fused-ring (bicyclic) bond motifs is 1. The number of carbonyl (C=O) groups is 2. The van der Waals surface area contributed by atoms with Crippen LogP contribution in [-0.4, -0.2) is 28.5 Å². The zero-order valence-corrected chi connectivity index (χ0v) is 15.9.